The Morgan fingerprint density at radius 2 is 1.80 bits per heavy atom. The van der Waals surface area contributed by atoms with Crippen LogP contribution in [0, 0.1) is 6.92 Å². The minimum absolute atomic E-state index is 0.163. The molecule has 1 unspecified atom stereocenters. The Morgan fingerprint density at radius 3 is 2.40 bits per heavy atom. The predicted octanol–water partition coefficient (Wildman–Crippen LogP) is 5.01. The Labute approximate surface area is 188 Å². The highest BCUT2D eigenvalue weighted by atomic mass is 35.5. The van der Waals surface area contributed by atoms with E-state index in [-0.39, 0.29) is 18.4 Å². The lowest BCUT2D eigenvalue weighted by molar-refractivity contribution is -0.143. The normalized spacial score (nSPS) is 11.6. The number of benzene rings is 2. The number of amides is 2. The fourth-order valence-corrected chi connectivity index (χ4v) is 3.45. The van der Waals surface area contributed by atoms with Gasteiger partial charge in [-0.2, -0.15) is 0 Å². The first kappa shape index (κ1) is 24.0. The van der Waals surface area contributed by atoms with Crippen LogP contribution in [-0.2, 0) is 16.1 Å². The molecule has 2 amide bonds. The third kappa shape index (κ3) is 6.92. The van der Waals surface area contributed by atoms with Crippen LogP contribution in [0.15, 0.2) is 42.5 Å². The quantitative estimate of drug-likeness (QED) is 0.552. The minimum Gasteiger partial charge on any atom is -0.482 e. The Morgan fingerprint density at radius 1 is 1.10 bits per heavy atom. The maximum atomic E-state index is 13.1. The molecular weight excluding hydrogens is 423 g/mol. The summed E-state index contributed by atoms with van der Waals surface area (Å²) < 4.78 is 5.63. The van der Waals surface area contributed by atoms with Crippen LogP contribution in [0.3, 0.4) is 0 Å². The molecule has 0 aliphatic rings. The third-order valence-corrected chi connectivity index (χ3v) is 5.18. The first-order valence-corrected chi connectivity index (χ1v) is 10.8. The Hall–Kier alpha value is -2.24. The average molecular weight is 451 g/mol. The zero-order valence-electron chi connectivity index (χ0n) is 17.6. The summed E-state index contributed by atoms with van der Waals surface area (Å²) in [6.07, 6.45) is 1.32. The second-order valence-corrected chi connectivity index (χ2v) is 7.93. The van der Waals surface area contributed by atoms with Crippen molar-refractivity contribution in [3.05, 3.63) is 63.6 Å². The lowest BCUT2D eigenvalue weighted by Crippen LogP contribution is -2.50. The first-order chi connectivity index (χ1) is 14.3. The number of aryl methyl sites for hydroxylation is 1. The zero-order chi connectivity index (χ0) is 22.1. The van der Waals surface area contributed by atoms with Gasteiger partial charge in [0.25, 0.3) is 5.91 Å². The van der Waals surface area contributed by atoms with Crippen LogP contribution in [0.1, 0.15) is 37.8 Å². The number of halogens is 2. The molecule has 0 heterocycles. The molecular formula is C23H28Cl2N2O3. The van der Waals surface area contributed by atoms with Crippen molar-refractivity contribution in [1.82, 2.24) is 10.2 Å². The van der Waals surface area contributed by atoms with E-state index in [2.05, 4.69) is 5.32 Å². The van der Waals surface area contributed by atoms with Gasteiger partial charge in [-0.05, 0) is 43.5 Å². The predicted molar refractivity (Wildman–Crippen MR) is 121 cm³/mol. The van der Waals surface area contributed by atoms with Crippen LogP contribution >= 0.6 is 23.2 Å². The van der Waals surface area contributed by atoms with Gasteiger partial charge in [0, 0.05) is 18.1 Å². The van der Waals surface area contributed by atoms with Crippen LogP contribution in [0.25, 0.3) is 0 Å². The summed E-state index contributed by atoms with van der Waals surface area (Å²) in [6.45, 7) is 6.53. The van der Waals surface area contributed by atoms with Crippen LogP contribution < -0.4 is 10.1 Å². The molecule has 0 saturated carbocycles. The fourth-order valence-electron chi connectivity index (χ4n) is 2.99. The molecule has 0 fully saturated rings. The van der Waals surface area contributed by atoms with E-state index >= 15 is 0 Å². The molecule has 2 aromatic carbocycles. The molecule has 30 heavy (non-hydrogen) atoms. The Kier molecular flexibility index (Phi) is 9.47. The second-order valence-electron chi connectivity index (χ2n) is 7.09. The molecule has 0 spiro atoms. The van der Waals surface area contributed by atoms with Crippen molar-refractivity contribution in [3.63, 3.8) is 0 Å². The lowest BCUT2D eigenvalue weighted by Gasteiger charge is -2.30. The van der Waals surface area contributed by atoms with E-state index in [0.29, 0.717) is 35.3 Å². The summed E-state index contributed by atoms with van der Waals surface area (Å²) in [6, 6.07) is 12.1. The molecule has 0 radical (unpaired) electrons. The van der Waals surface area contributed by atoms with Gasteiger partial charge in [0.15, 0.2) is 6.61 Å². The van der Waals surface area contributed by atoms with Gasteiger partial charge in [-0.25, -0.2) is 0 Å². The van der Waals surface area contributed by atoms with Crippen molar-refractivity contribution < 1.29 is 14.3 Å². The van der Waals surface area contributed by atoms with E-state index < -0.39 is 6.04 Å². The van der Waals surface area contributed by atoms with Gasteiger partial charge in [-0.15, -0.1) is 0 Å². The van der Waals surface area contributed by atoms with E-state index in [1.807, 2.05) is 45.0 Å². The van der Waals surface area contributed by atoms with Gasteiger partial charge < -0.3 is 15.0 Å². The van der Waals surface area contributed by atoms with Crippen molar-refractivity contribution in [1.29, 1.82) is 0 Å². The Balaban J connectivity index is 2.20. The molecule has 0 aromatic heterocycles. The first-order valence-electron chi connectivity index (χ1n) is 10.1. The summed E-state index contributed by atoms with van der Waals surface area (Å²) in [4.78, 5) is 27.4. The topological polar surface area (TPSA) is 58.6 Å². The van der Waals surface area contributed by atoms with Crippen LogP contribution in [0.4, 0.5) is 0 Å². The molecule has 0 aliphatic carbocycles. The molecule has 162 valence electrons. The van der Waals surface area contributed by atoms with Gasteiger partial charge in [0.2, 0.25) is 5.91 Å². The summed E-state index contributed by atoms with van der Waals surface area (Å²) in [5.41, 5.74) is 2.07. The maximum Gasteiger partial charge on any atom is 0.261 e. The highest BCUT2D eigenvalue weighted by molar-refractivity contribution is 6.35. The number of rotatable bonds is 10. The van der Waals surface area contributed by atoms with E-state index in [4.69, 9.17) is 27.9 Å². The van der Waals surface area contributed by atoms with Gasteiger partial charge >= 0.3 is 0 Å². The molecule has 1 atom stereocenters. The monoisotopic (exact) mass is 450 g/mol. The lowest BCUT2D eigenvalue weighted by atomic mass is 10.1. The van der Waals surface area contributed by atoms with Crippen molar-refractivity contribution in [2.24, 2.45) is 0 Å². The molecule has 0 bridgehead atoms. The van der Waals surface area contributed by atoms with Gasteiger partial charge in [-0.1, -0.05) is 66.9 Å². The smallest absolute Gasteiger partial charge is 0.261 e. The molecule has 1 N–H and O–H groups in total. The van der Waals surface area contributed by atoms with E-state index in [0.717, 1.165) is 17.5 Å². The van der Waals surface area contributed by atoms with Gasteiger partial charge in [0.1, 0.15) is 11.8 Å². The zero-order valence-corrected chi connectivity index (χ0v) is 19.1. The van der Waals surface area contributed by atoms with Crippen molar-refractivity contribution in [3.8, 4) is 5.75 Å². The van der Waals surface area contributed by atoms with E-state index in [9.17, 15) is 9.59 Å². The molecule has 2 aromatic rings. The highest BCUT2D eigenvalue weighted by Crippen LogP contribution is 2.27. The molecule has 0 saturated heterocycles. The summed E-state index contributed by atoms with van der Waals surface area (Å²) >= 11 is 12.0. The largest absolute Gasteiger partial charge is 0.482 e. The van der Waals surface area contributed by atoms with Crippen LogP contribution in [0.2, 0.25) is 10.0 Å². The van der Waals surface area contributed by atoms with Crippen molar-refractivity contribution >= 4 is 35.0 Å². The van der Waals surface area contributed by atoms with Crippen molar-refractivity contribution in [2.45, 2.75) is 46.2 Å². The number of nitrogens with one attached hydrogen (secondary N) is 1. The minimum atomic E-state index is -0.588. The molecule has 0 aliphatic heterocycles. The number of carbonyl (C=O) groups excluding carboxylic acids is 2. The summed E-state index contributed by atoms with van der Waals surface area (Å²) in [5.74, 6) is -0.0855. The van der Waals surface area contributed by atoms with E-state index in [1.165, 1.54) is 0 Å². The number of ether oxygens (including phenoxy) is 1. The highest BCUT2D eigenvalue weighted by Gasteiger charge is 2.28. The number of hydrogen-bond acceptors (Lipinski definition) is 3. The summed E-state index contributed by atoms with van der Waals surface area (Å²) in [7, 11) is 0. The average Bonchev–Trinajstić information content (AvgIpc) is 2.72. The molecule has 7 heteroatoms. The SMILES string of the molecule is CCCNC(=O)C(CC)N(Cc1ccc(C)cc1)C(=O)COc1ccc(Cl)cc1Cl. The molecule has 5 nitrogen and oxygen atoms in total. The van der Waals surface area contributed by atoms with Crippen molar-refractivity contribution in [2.75, 3.05) is 13.2 Å². The summed E-state index contributed by atoms with van der Waals surface area (Å²) in [5, 5.41) is 3.70. The number of hydrogen-bond donors (Lipinski definition) is 1. The third-order valence-electron chi connectivity index (χ3n) is 4.65. The standard InChI is InChI=1S/C23H28Cl2N2O3/c1-4-12-26-23(29)20(5-2)27(14-17-8-6-16(3)7-9-17)22(28)15-30-21-11-10-18(24)13-19(21)25/h6-11,13,20H,4-5,12,14-15H2,1-3H3,(H,26,29). The maximum absolute atomic E-state index is 13.1. The van der Waals surface area contributed by atoms with E-state index in [1.54, 1.807) is 23.1 Å². The molecule has 2 rings (SSSR count). The van der Waals surface area contributed by atoms with Crippen LogP contribution in [-0.4, -0.2) is 35.9 Å². The number of carbonyl (C=O) groups is 2. The number of nitrogens with zero attached hydrogens (tertiary/aromatic N) is 1. The second kappa shape index (κ2) is 11.8. The van der Waals surface area contributed by atoms with Gasteiger partial charge in [0.05, 0.1) is 5.02 Å². The fraction of sp³-hybridized carbons (Fsp3) is 0.391. The Bertz CT molecular complexity index is 856. The van der Waals surface area contributed by atoms with Crippen LogP contribution in [0.5, 0.6) is 5.75 Å². The van der Waals surface area contributed by atoms with Gasteiger partial charge in [-0.3, -0.25) is 9.59 Å².